The van der Waals surface area contributed by atoms with Gasteiger partial charge in [-0.25, -0.2) is 31.8 Å². The lowest BCUT2D eigenvalue weighted by Crippen LogP contribution is -2.53. The van der Waals surface area contributed by atoms with Crippen LogP contribution < -0.4 is 4.90 Å². The van der Waals surface area contributed by atoms with Crippen molar-refractivity contribution in [1.29, 1.82) is 0 Å². The van der Waals surface area contributed by atoms with Gasteiger partial charge in [0.15, 0.2) is 5.01 Å². The molecule has 2 fully saturated rings. The van der Waals surface area contributed by atoms with Crippen LogP contribution in [0.2, 0.25) is 0 Å². The topological polar surface area (TPSA) is 101 Å². The Morgan fingerprint density at radius 1 is 1.07 bits per heavy atom. The predicted octanol–water partition coefficient (Wildman–Crippen LogP) is 4.31. The molecule has 0 amide bonds. The number of ketones is 1. The van der Waals surface area contributed by atoms with Crippen molar-refractivity contribution in [1.82, 2.24) is 24.1 Å². The molecule has 1 aromatic carbocycles. The standard InChI is InChI=1S/C29H26F2N6O3S2/c30-21-1-3-23(4-2-21)37-25-13-20-7-11-36(18-29(20,14-19(25)15-34-37)27(38)28-32-9-12-41-28)42(39,40)24-5-6-26(33-16-24)35-10-8-22(31)17-35/h1-6,9,12-13,15-16,22H,7-8,10-11,14,17-18H2. The van der Waals surface area contributed by atoms with E-state index < -0.39 is 21.6 Å². The number of sulfonamides is 1. The Balaban J connectivity index is 1.24. The van der Waals surface area contributed by atoms with Crippen LogP contribution in [0.3, 0.4) is 0 Å². The molecule has 0 bridgehead atoms. The first-order chi connectivity index (χ1) is 20.2. The normalized spacial score (nSPS) is 22.5. The van der Waals surface area contributed by atoms with E-state index in [0.29, 0.717) is 35.9 Å². The number of benzene rings is 1. The number of hydrogen-bond acceptors (Lipinski definition) is 8. The van der Waals surface area contributed by atoms with Crippen LogP contribution in [0.4, 0.5) is 14.6 Å². The summed E-state index contributed by atoms with van der Waals surface area (Å²) in [5.74, 6) is -0.0486. The minimum absolute atomic E-state index is 0.0205. The van der Waals surface area contributed by atoms with E-state index in [9.17, 15) is 22.0 Å². The number of carbonyl (C=O) groups excluding carboxylic acids is 1. The molecular weight excluding hydrogens is 582 g/mol. The first-order valence-electron chi connectivity index (χ1n) is 13.6. The Morgan fingerprint density at radius 3 is 2.60 bits per heavy atom. The predicted molar refractivity (Wildman–Crippen MR) is 153 cm³/mol. The monoisotopic (exact) mass is 608 g/mol. The van der Waals surface area contributed by atoms with Crippen LogP contribution in [0.5, 0.6) is 0 Å². The summed E-state index contributed by atoms with van der Waals surface area (Å²) in [6.45, 7) is 0.890. The van der Waals surface area contributed by atoms with Crippen molar-refractivity contribution in [3.8, 4) is 5.69 Å². The highest BCUT2D eigenvalue weighted by atomic mass is 32.2. The molecule has 2 saturated heterocycles. The summed E-state index contributed by atoms with van der Waals surface area (Å²) >= 11 is 1.23. The number of halogens is 2. The van der Waals surface area contributed by atoms with E-state index in [-0.39, 0.29) is 42.6 Å². The second kappa shape index (κ2) is 10.2. The summed E-state index contributed by atoms with van der Waals surface area (Å²) in [4.78, 5) is 24.6. The third-order valence-electron chi connectivity index (χ3n) is 8.33. The van der Waals surface area contributed by atoms with Crippen molar-refractivity contribution < 1.29 is 22.0 Å². The lowest BCUT2D eigenvalue weighted by Gasteiger charge is -2.44. The number of aromatic nitrogens is 4. The highest BCUT2D eigenvalue weighted by Gasteiger charge is 2.51. The van der Waals surface area contributed by atoms with Gasteiger partial charge >= 0.3 is 0 Å². The van der Waals surface area contributed by atoms with Gasteiger partial charge in [0.05, 0.1) is 29.5 Å². The van der Waals surface area contributed by atoms with E-state index in [1.807, 2.05) is 6.08 Å². The number of fused-ring (bicyclic) bond motifs is 2. The lowest BCUT2D eigenvalue weighted by molar-refractivity contribution is 0.0775. The highest BCUT2D eigenvalue weighted by Crippen LogP contribution is 2.47. The minimum atomic E-state index is -4.00. The molecule has 0 N–H and O–H groups in total. The van der Waals surface area contributed by atoms with Crippen molar-refractivity contribution in [2.45, 2.75) is 30.3 Å². The number of carbonyl (C=O) groups is 1. The Kier molecular flexibility index (Phi) is 6.55. The van der Waals surface area contributed by atoms with E-state index in [4.69, 9.17) is 0 Å². The number of Topliss-reactive ketones (excluding diaryl/α,β-unsaturated/α-hetero) is 1. The first kappa shape index (κ1) is 27.0. The molecule has 0 spiro atoms. The second-order valence-corrected chi connectivity index (χ2v) is 13.6. The quantitative estimate of drug-likeness (QED) is 0.301. The number of thiazole rings is 1. The van der Waals surface area contributed by atoms with Crippen molar-refractivity contribution >= 4 is 39.0 Å². The molecule has 2 atom stereocenters. The average molecular weight is 609 g/mol. The zero-order valence-corrected chi connectivity index (χ0v) is 24.0. The summed E-state index contributed by atoms with van der Waals surface area (Å²) < 4.78 is 58.1. The zero-order valence-electron chi connectivity index (χ0n) is 22.4. The molecule has 0 saturated carbocycles. The molecule has 4 aromatic rings. The van der Waals surface area contributed by atoms with Crippen molar-refractivity contribution in [3.63, 3.8) is 0 Å². The molecular formula is C29H26F2N6O3S2. The molecule has 2 aliphatic heterocycles. The van der Waals surface area contributed by atoms with Crippen molar-refractivity contribution in [2.75, 3.05) is 31.1 Å². The van der Waals surface area contributed by atoms with Gasteiger partial charge in [-0.2, -0.15) is 9.40 Å². The van der Waals surface area contributed by atoms with E-state index in [2.05, 4.69) is 15.1 Å². The number of rotatable bonds is 6. The van der Waals surface area contributed by atoms with Crippen LogP contribution in [0.1, 0.15) is 33.9 Å². The number of nitrogens with zero attached hydrogens (tertiary/aromatic N) is 6. The first-order valence-corrected chi connectivity index (χ1v) is 15.9. The Morgan fingerprint density at radius 2 is 1.90 bits per heavy atom. The molecule has 42 heavy (non-hydrogen) atoms. The molecule has 9 nitrogen and oxygen atoms in total. The fourth-order valence-corrected chi connectivity index (χ4v) is 8.26. The van der Waals surface area contributed by atoms with Gasteiger partial charge in [-0.15, -0.1) is 11.3 Å². The maximum Gasteiger partial charge on any atom is 0.244 e. The van der Waals surface area contributed by atoms with E-state index >= 15 is 0 Å². The summed E-state index contributed by atoms with van der Waals surface area (Å²) in [6.07, 6.45) is 6.56. The Bertz CT molecular complexity index is 1790. The van der Waals surface area contributed by atoms with Gasteiger partial charge in [0.1, 0.15) is 22.7 Å². The van der Waals surface area contributed by atoms with E-state index in [0.717, 1.165) is 16.8 Å². The summed E-state index contributed by atoms with van der Waals surface area (Å²) in [5.41, 5.74) is 1.91. The average Bonchev–Trinajstić information content (AvgIpc) is 3.77. The largest absolute Gasteiger partial charge is 0.354 e. The third kappa shape index (κ3) is 4.46. The summed E-state index contributed by atoms with van der Waals surface area (Å²) in [7, 11) is -4.00. The molecule has 7 rings (SSSR count). The van der Waals surface area contributed by atoms with Gasteiger partial charge in [-0.1, -0.05) is 5.57 Å². The molecule has 13 heteroatoms. The molecule has 216 valence electrons. The van der Waals surface area contributed by atoms with Crippen LogP contribution in [0, 0.1) is 11.2 Å². The maximum atomic E-state index is 14.1. The fraction of sp³-hybridized carbons (Fsp3) is 0.310. The lowest BCUT2D eigenvalue weighted by atomic mass is 9.66. The van der Waals surface area contributed by atoms with E-state index in [1.54, 1.807) is 45.6 Å². The summed E-state index contributed by atoms with van der Waals surface area (Å²) in [5, 5.41) is 6.57. The summed E-state index contributed by atoms with van der Waals surface area (Å²) in [6, 6.07) is 9.10. The number of piperidine rings is 1. The minimum Gasteiger partial charge on any atom is -0.354 e. The van der Waals surface area contributed by atoms with Crippen LogP contribution in [0.15, 0.2) is 70.8 Å². The maximum absolute atomic E-state index is 14.1. The highest BCUT2D eigenvalue weighted by molar-refractivity contribution is 7.89. The van der Waals surface area contributed by atoms with Crippen LogP contribution in [0.25, 0.3) is 11.8 Å². The molecule has 5 heterocycles. The second-order valence-electron chi connectivity index (χ2n) is 10.8. The van der Waals surface area contributed by atoms with Crippen LogP contribution in [-0.2, 0) is 16.4 Å². The molecule has 3 aromatic heterocycles. The molecule has 1 aliphatic carbocycles. The molecule has 0 radical (unpaired) electrons. The van der Waals surface area contributed by atoms with Crippen molar-refractivity contribution in [3.05, 3.63) is 88.0 Å². The number of hydrogen-bond donors (Lipinski definition) is 0. The van der Waals surface area contributed by atoms with Gasteiger partial charge in [-0.3, -0.25) is 4.79 Å². The van der Waals surface area contributed by atoms with Gasteiger partial charge in [-0.05, 0) is 67.3 Å². The number of anilines is 1. The molecule has 3 aliphatic rings. The van der Waals surface area contributed by atoms with Gasteiger partial charge < -0.3 is 4.90 Å². The third-order valence-corrected chi connectivity index (χ3v) is 10.9. The van der Waals surface area contributed by atoms with E-state index in [1.165, 1.54) is 40.0 Å². The van der Waals surface area contributed by atoms with Gasteiger partial charge in [0.25, 0.3) is 0 Å². The van der Waals surface area contributed by atoms with Gasteiger partial charge in [0, 0.05) is 37.4 Å². The SMILES string of the molecule is O=C(c1nccs1)C12Cc3cnn(-c4ccc(F)cc4)c3C=C1CCN(S(=O)(=O)c1ccc(N3CCC(F)C3)nc1)C2. The zero-order chi connectivity index (χ0) is 29.1. The van der Waals surface area contributed by atoms with Crippen LogP contribution >= 0.6 is 11.3 Å². The fourth-order valence-electron chi connectivity index (χ4n) is 6.14. The Labute approximate surface area is 245 Å². The van der Waals surface area contributed by atoms with Crippen LogP contribution in [-0.4, -0.2) is 70.6 Å². The van der Waals surface area contributed by atoms with Gasteiger partial charge in [0.2, 0.25) is 15.8 Å². The number of pyridine rings is 1. The molecule has 2 unspecified atom stereocenters. The van der Waals surface area contributed by atoms with Crippen molar-refractivity contribution in [2.24, 2.45) is 5.41 Å². The smallest absolute Gasteiger partial charge is 0.244 e. The Hall–Kier alpha value is -3.81. The number of alkyl halides is 1.